The monoisotopic (exact) mass is 393 g/mol. The van der Waals surface area contributed by atoms with E-state index in [2.05, 4.69) is 51.9 Å². The van der Waals surface area contributed by atoms with Gasteiger partial charge in [-0.05, 0) is 43.4 Å². The maximum absolute atomic E-state index is 12.5. The van der Waals surface area contributed by atoms with Crippen LogP contribution in [0.3, 0.4) is 0 Å². The van der Waals surface area contributed by atoms with Crippen LogP contribution in [-0.2, 0) is 0 Å². The summed E-state index contributed by atoms with van der Waals surface area (Å²) in [6.45, 7) is 4.98. The van der Waals surface area contributed by atoms with Crippen LogP contribution >= 0.6 is 0 Å². The Kier molecular flexibility index (Phi) is 5.83. The van der Waals surface area contributed by atoms with Gasteiger partial charge in [-0.1, -0.05) is 29.8 Å². The Hall–Kier alpha value is -2.44. The minimum atomic E-state index is 0.0106. The van der Waals surface area contributed by atoms with Gasteiger partial charge in [0.15, 0.2) is 0 Å². The molecule has 2 aliphatic rings. The SMILES string of the molecule is Cc1cccc(C2CNNC2C2CCN(c3ncccc3C(=O)N(C)C)CC2)c1. The first kappa shape index (κ1) is 19.9. The van der Waals surface area contributed by atoms with Gasteiger partial charge in [-0.25, -0.2) is 4.98 Å². The Balaban J connectivity index is 1.46. The number of carbonyl (C=O) groups excluding carboxylic acids is 1. The van der Waals surface area contributed by atoms with E-state index in [0.717, 1.165) is 38.3 Å². The van der Waals surface area contributed by atoms with E-state index in [1.54, 1.807) is 25.2 Å². The lowest BCUT2D eigenvalue weighted by molar-refractivity contribution is 0.0827. The molecule has 1 aromatic carbocycles. The summed E-state index contributed by atoms with van der Waals surface area (Å²) in [5.41, 5.74) is 10.4. The van der Waals surface area contributed by atoms with Gasteiger partial charge in [0.2, 0.25) is 0 Å². The molecule has 2 fully saturated rings. The summed E-state index contributed by atoms with van der Waals surface area (Å²) >= 11 is 0. The first-order valence-corrected chi connectivity index (χ1v) is 10.5. The van der Waals surface area contributed by atoms with Crippen molar-refractivity contribution < 1.29 is 4.79 Å². The topological polar surface area (TPSA) is 60.5 Å². The molecule has 0 saturated carbocycles. The van der Waals surface area contributed by atoms with Gasteiger partial charge in [-0.3, -0.25) is 15.6 Å². The quantitative estimate of drug-likeness (QED) is 0.836. The third-order valence-corrected chi connectivity index (χ3v) is 6.26. The van der Waals surface area contributed by atoms with Crippen molar-refractivity contribution in [3.8, 4) is 0 Å². The van der Waals surface area contributed by atoms with Crippen LogP contribution in [0.25, 0.3) is 0 Å². The van der Waals surface area contributed by atoms with Crippen molar-refractivity contribution in [1.82, 2.24) is 20.7 Å². The molecule has 0 aliphatic carbocycles. The van der Waals surface area contributed by atoms with Crippen molar-refractivity contribution in [3.63, 3.8) is 0 Å². The lowest BCUT2D eigenvalue weighted by atomic mass is 9.80. The zero-order valence-electron chi connectivity index (χ0n) is 17.6. The number of rotatable bonds is 4. The minimum absolute atomic E-state index is 0.0106. The maximum Gasteiger partial charge on any atom is 0.257 e. The second-order valence-corrected chi connectivity index (χ2v) is 8.47. The third-order valence-electron chi connectivity index (χ3n) is 6.26. The van der Waals surface area contributed by atoms with E-state index in [-0.39, 0.29) is 5.91 Å². The molecule has 1 amide bonds. The standard InChI is InChI=1S/C23H31N5O/c1-16-6-4-7-18(14-16)20-15-25-26-21(20)17-9-12-28(13-10-17)22-19(8-5-11-24-22)23(29)27(2)3/h4-8,11,14,17,20-21,25-26H,9-10,12-13,15H2,1-3H3. The highest BCUT2D eigenvalue weighted by Crippen LogP contribution is 2.34. The van der Waals surface area contributed by atoms with Gasteiger partial charge >= 0.3 is 0 Å². The first-order chi connectivity index (χ1) is 14.0. The zero-order chi connectivity index (χ0) is 20.4. The third kappa shape index (κ3) is 4.14. The van der Waals surface area contributed by atoms with E-state index in [9.17, 15) is 4.79 Å². The maximum atomic E-state index is 12.5. The van der Waals surface area contributed by atoms with Gasteiger partial charge < -0.3 is 9.80 Å². The summed E-state index contributed by atoms with van der Waals surface area (Å²) in [5.74, 6) is 1.92. The normalized spacial score (nSPS) is 22.7. The minimum Gasteiger partial charge on any atom is -0.356 e. The Morgan fingerprint density at radius 1 is 1.17 bits per heavy atom. The number of aromatic nitrogens is 1. The van der Waals surface area contributed by atoms with Crippen molar-refractivity contribution in [2.45, 2.75) is 31.7 Å². The number of aryl methyl sites for hydroxylation is 1. The number of hydrogen-bond acceptors (Lipinski definition) is 5. The Morgan fingerprint density at radius 2 is 1.97 bits per heavy atom. The van der Waals surface area contributed by atoms with Gasteiger partial charge in [0.05, 0.1) is 5.56 Å². The lowest BCUT2D eigenvalue weighted by Gasteiger charge is -2.37. The Labute approximate surface area is 173 Å². The number of nitrogens with one attached hydrogen (secondary N) is 2. The van der Waals surface area contributed by atoms with Gasteiger partial charge in [-0.15, -0.1) is 0 Å². The summed E-state index contributed by atoms with van der Waals surface area (Å²) in [6, 6.07) is 13.0. The van der Waals surface area contributed by atoms with Crippen molar-refractivity contribution in [1.29, 1.82) is 0 Å². The molecule has 2 saturated heterocycles. The summed E-state index contributed by atoms with van der Waals surface area (Å²) in [7, 11) is 3.57. The number of carbonyl (C=O) groups is 1. The Bertz CT molecular complexity index is 860. The molecule has 2 N–H and O–H groups in total. The van der Waals surface area contributed by atoms with Crippen LogP contribution in [0, 0.1) is 12.8 Å². The number of amides is 1. The zero-order valence-corrected chi connectivity index (χ0v) is 17.6. The lowest BCUT2D eigenvalue weighted by Crippen LogP contribution is -2.44. The number of nitrogens with zero attached hydrogens (tertiary/aromatic N) is 3. The second-order valence-electron chi connectivity index (χ2n) is 8.47. The number of benzene rings is 1. The smallest absolute Gasteiger partial charge is 0.257 e. The van der Waals surface area contributed by atoms with Gasteiger partial charge in [0, 0.05) is 51.9 Å². The fraction of sp³-hybridized carbons (Fsp3) is 0.478. The number of piperidine rings is 1. The molecular weight excluding hydrogens is 362 g/mol. The molecule has 2 atom stereocenters. The predicted octanol–water partition coefficient (Wildman–Crippen LogP) is 2.57. The van der Waals surface area contributed by atoms with Gasteiger partial charge in [0.1, 0.15) is 5.82 Å². The molecule has 0 bridgehead atoms. The Morgan fingerprint density at radius 3 is 2.69 bits per heavy atom. The van der Waals surface area contributed by atoms with E-state index in [4.69, 9.17) is 0 Å². The fourth-order valence-corrected chi connectivity index (χ4v) is 4.71. The van der Waals surface area contributed by atoms with E-state index in [0.29, 0.717) is 23.4 Å². The molecule has 6 nitrogen and oxygen atoms in total. The van der Waals surface area contributed by atoms with E-state index >= 15 is 0 Å². The predicted molar refractivity (Wildman–Crippen MR) is 116 cm³/mol. The molecule has 0 spiro atoms. The van der Waals surface area contributed by atoms with Crippen LogP contribution in [0.2, 0.25) is 0 Å². The number of hydrogen-bond donors (Lipinski definition) is 2. The molecule has 29 heavy (non-hydrogen) atoms. The molecule has 2 unspecified atom stereocenters. The molecule has 2 aliphatic heterocycles. The molecule has 6 heteroatoms. The van der Waals surface area contributed by atoms with Crippen molar-refractivity contribution in [3.05, 3.63) is 59.3 Å². The fourth-order valence-electron chi connectivity index (χ4n) is 4.71. The van der Waals surface area contributed by atoms with Crippen LogP contribution in [0.5, 0.6) is 0 Å². The number of pyridine rings is 1. The molecule has 3 heterocycles. The average Bonchev–Trinajstić information content (AvgIpc) is 3.23. The first-order valence-electron chi connectivity index (χ1n) is 10.5. The molecule has 154 valence electrons. The van der Waals surface area contributed by atoms with Crippen molar-refractivity contribution >= 4 is 11.7 Å². The molecule has 4 rings (SSSR count). The van der Waals surface area contributed by atoms with Crippen LogP contribution in [0.1, 0.15) is 40.2 Å². The second kappa shape index (κ2) is 8.51. The van der Waals surface area contributed by atoms with Gasteiger partial charge in [0.25, 0.3) is 5.91 Å². The van der Waals surface area contributed by atoms with Crippen molar-refractivity contribution in [2.24, 2.45) is 5.92 Å². The molecule has 0 radical (unpaired) electrons. The summed E-state index contributed by atoms with van der Waals surface area (Å²) in [6.07, 6.45) is 3.96. The summed E-state index contributed by atoms with van der Waals surface area (Å²) in [4.78, 5) is 21.0. The van der Waals surface area contributed by atoms with Crippen LogP contribution in [0.15, 0.2) is 42.6 Å². The van der Waals surface area contributed by atoms with E-state index in [1.807, 2.05) is 12.1 Å². The van der Waals surface area contributed by atoms with Crippen molar-refractivity contribution in [2.75, 3.05) is 38.6 Å². The molecular formula is C23H31N5O. The highest BCUT2D eigenvalue weighted by Gasteiger charge is 2.36. The highest BCUT2D eigenvalue weighted by molar-refractivity contribution is 5.98. The average molecular weight is 394 g/mol. The van der Waals surface area contributed by atoms with Crippen LogP contribution < -0.4 is 15.8 Å². The molecule has 2 aromatic rings. The largest absolute Gasteiger partial charge is 0.356 e. The van der Waals surface area contributed by atoms with Crippen LogP contribution in [0.4, 0.5) is 5.82 Å². The number of anilines is 1. The summed E-state index contributed by atoms with van der Waals surface area (Å²) in [5, 5.41) is 0. The highest BCUT2D eigenvalue weighted by atomic mass is 16.2. The summed E-state index contributed by atoms with van der Waals surface area (Å²) < 4.78 is 0. The van der Waals surface area contributed by atoms with E-state index < -0.39 is 0 Å². The van der Waals surface area contributed by atoms with E-state index in [1.165, 1.54) is 11.1 Å². The van der Waals surface area contributed by atoms with Crippen LogP contribution in [-0.4, -0.2) is 55.6 Å². The molecule has 1 aromatic heterocycles. The van der Waals surface area contributed by atoms with Gasteiger partial charge in [-0.2, -0.15) is 0 Å². The number of hydrazine groups is 1.